The number of thiophene rings is 1. The lowest BCUT2D eigenvalue weighted by atomic mass is 10.1. The number of rotatable bonds is 3. The first-order chi connectivity index (χ1) is 14.2. The number of nitrogens with one attached hydrogen (secondary N) is 1. The van der Waals surface area contributed by atoms with E-state index in [0.29, 0.717) is 43.9 Å². The molecule has 30 heavy (non-hydrogen) atoms. The first-order valence-electron chi connectivity index (χ1n) is 8.83. The number of halogens is 3. The van der Waals surface area contributed by atoms with Crippen molar-refractivity contribution in [2.24, 2.45) is 10.7 Å². The summed E-state index contributed by atoms with van der Waals surface area (Å²) in [6.07, 6.45) is -2.93. The van der Waals surface area contributed by atoms with E-state index in [2.05, 4.69) is 15.0 Å². The number of fused-ring (bicyclic) bond motifs is 1. The average Bonchev–Trinajstić information content (AvgIpc) is 3.22. The smallest absolute Gasteiger partial charge is 0.382 e. The molecule has 0 radical (unpaired) electrons. The highest BCUT2D eigenvalue weighted by Crippen LogP contribution is 2.38. The molecule has 0 bridgehead atoms. The number of H-pyrrole nitrogens is 1. The summed E-state index contributed by atoms with van der Waals surface area (Å²) in [7, 11) is 0. The predicted molar refractivity (Wildman–Crippen MR) is 112 cm³/mol. The molecule has 0 saturated carbocycles. The van der Waals surface area contributed by atoms with E-state index in [-0.39, 0.29) is 17.1 Å². The normalized spacial score (nSPS) is 12.5. The van der Waals surface area contributed by atoms with Crippen LogP contribution in [0.5, 0.6) is 0 Å². The quantitative estimate of drug-likeness (QED) is 0.355. The highest BCUT2D eigenvalue weighted by molar-refractivity contribution is 7.15. The molecule has 3 N–H and O–H groups in total. The maximum Gasteiger partial charge on any atom is 0.425 e. The molecule has 0 fully saturated rings. The summed E-state index contributed by atoms with van der Waals surface area (Å²) < 4.78 is 38.3. The van der Waals surface area contributed by atoms with Crippen molar-refractivity contribution in [3.05, 3.63) is 81.1 Å². The molecule has 4 rings (SSSR count). The number of amidine groups is 1. The second kappa shape index (κ2) is 7.42. The molecule has 1 aromatic carbocycles. The summed E-state index contributed by atoms with van der Waals surface area (Å²) in [5, 5.41) is 0.559. The second-order valence-corrected chi connectivity index (χ2v) is 7.65. The van der Waals surface area contributed by atoms with Crippen molar-refractivity contribution in [3.8, 4) is 10.4 Å². The van der Waals surface area contributed by atoms with Crippen molar-refractivity contribution in [3.63, 3.8) is 0 Å². The van der Waals surface area contributed by atoms with Gasteiger partial charge in [-0.25, -0.2) is 9.98 Å². The van der Waals surface area contributed by atoms with Gasteiger partial charge in [0.1, 0.15) is 10.7 Å². The number of benzene rings is 1. The molecule has 9 heteroatoms. The van der Waals surface area contributed by atoms with Crippen LogP contribution in [0.15, 0.2) is 64.5 Å². The van der Waals surface area contributed by atoms with Crippen molar-refractivity contribution < 1.29 is 13.2 Å². The monoisotopic (exact) mass is 428 g/mol. The lowest BCUT2D eigenvalue weighted by Crippen LogP contribution is -2.21. The van der Waals surface area contributed by atoms with Crippen molar-refractivity contribution >= 4 is 33.9 Å². The van der Waals surface area contributed by atoms with E-state index in [4.69, 9.17) is 5.73 Å². The van der Waals surface area contributed by atoms with Gasteiger partial charge in [-0.3, -0.25) is 4.79 Å². The molecular weight excluding hydrogens is 413 g/mol. The zero-order valence-corrected chi connectivity index (χ0v) is 16.4. The topological polar surface area (TPSA) is 84.1 Å². The fourth-order valence-electron chi connectivity index (χ4n) is 3.01. The van der Waals surface area contributed by atoms with Crippen LogP contribution in [0.2, 0.25) is 0 Å². The van der Waals surface area contributed by atoms with E-state index >= 15 is 0 Å². The molecular formula is C21H15F3N4OS. The van der Waals surface area contributed by atoms with E-state index in [1.165, 1.54) is 12.3 Å². The van der Waals surface area contributed by atoms with Crippen LogP contribution in [0.25, 0.3) is 21.3 Å². The molecule has 0 atom stereocenters. The van der Waals surface area contributed by atoms with Crippen LogP contribution in [0.4, 0.5) is 19.0 Å². The number of alkyl halides is 3. The summed E-state index contributed by atoms with van der Waals surface area (Å²) in [6, 6.07) is 12.7. The van der Waals surface area contributed by atoms with Crippen molar-refractivity contribution in [2.45, 2.75) is 13.1 Å². The van der Waals surface area contributed by atoms with Crippen LogP contribution >= 0.6 is 11.3 Å². The van der Waals surface area contributed by atoms with E-state index in [9.17, 15) is 18.0 Å². The Kier molecular flexibility index (Phi) is 4.90. The summed E-state index contributed by atoms with van der Waals surface area (Å²) in [6.45, 7) is 1.66. The van der Waals surface area contributed by atoms with Crippen molar-refractivity contribution in [1.29, 1.82) is 0 Å². The van der Waals surface area contributed by atoms with Gasteiger partial charge in [0.15, 0.2) is 11.2 Å². The number of pyridine rings is 2. The number of hydrogen-bond donors (Lipinski definition) is 2. The Morgan fingerprint density at radius 1 is 1.13 bits per heavy atom. The van der Waals surface area contributed by atoms with Gasteiger partial charge >= 0.3 is 6.18 Å². The molecule has 0 amide bonds. The van der Waals surface area contributed by atoms with Gasteiger partial charge in [-0.15, -0.1) is 11.3 Å². The molecule has 152 valence electrons. The Morgan fingerprint density at radius 2 is 1.90 bits per heavy atom. The van der Waals surface area contributed by atoms with E-state index < -0.39 is 11.1 Å². The number of aromatic amines is 1. The third kappa shape index (κ3) is 3.71. The molecule has 0 aliphatic rings. The van der Waals surface area contributed by atoms with Gasteiger partial charge in [0.2, 0.25) is 0 Å². The van der Waals surface area contributed by atoms with E-state index in [0.717, 1.165) is 6.07 Å². The molecule has 0 unspecified atom stereocenters. The zero-order valence-electron chi connectivity index (χ0n) is 15.6. The minimum absolute atomic E-state index is 0.0890. The highest BCUT2D eigenvalue weighted by atomic mass is 32.1. The zero-order chi connectivity index (χ0) is 21.5. The predicted octanol–water partition coefficient (Wildman–Crippen LogP) is 5.02. The summed E-state index contributed by atoms with van der Waals surface area (Å²) in [5.41, 5.74) is 7.99. The van der Waals surface area contributed by atoms with Crippen LogP contribution in [0, 0.1) is 6.92 Å². The molecule has 0 spiro atoms. The summed E-state index contributed by atoms with van der Waals surface area (Å²) in [4.78, 5) is 23.9. The minimum atomic E-state index is -4.37. The van der Waals surface area contributed by atoms with Gasteiger partial charge in [0.05, 0.1) is 5.69 Å². The van der Waals surface area contributed by atoms with Crippen molar-refractivity contribution in [2.75, 3.05) is 0 Å². The largest absolute Gasteiger partial charge is 0.425 e. The lowest BCUT2D eigenvalue weighted by Gasteiger charge is -2.08. The number of nitrogens with zero attached hydrogens (tertiary/aromatic N) is 2. The molecule has 0 saturated heterocycles. The highest BCUT2D eigenvalue weighted by Gasteiger charge is 2.32. The third-order valence-electron chi connectivity index (χ3n) is 4.56. The van der Waals surface area contributed by atoms with Gasteiger partial charge in [0, 0.05) is 33.1 Å². The van der Waals surface area contributed by atoms with E-state index in [1.54, 1.807) is 43.3 Å². The molecule has 3 aromatic heterocycles. The number of aliphatic imine (C=N–C) groups is 1. The molecule has 0 aliphatic carbocycles. The average molecular weight is 428 g/mol. The van der Waals surface area contributed by atoms with Crippen LogP contribution in [-0.4, -0.2) is 15.8 Å². The SMILES string of the molecule is Cc1c(C(N)=Nc2ccc(-c3ccc(C(F)(F)F)s3)cn2)[nH]c2ccccc2c1=O. The fourth-order valence-corrected chi connectivity index (χ4v) is 3.88. The van der Waals surface area contributed by atoms with Gasteiger partial charge in [-0.2, -0.15) is 13.2 Å². The number of aromatic nitrogens is 2. The maximum atomic E-state index is 12.8. The molecule has 4 aromatic rings. The molecule has 0 aliphatic heterocycles. The number of para-hydroxylation sites is 1. The van der Waals surface area contributed by atoms with E-state index in [1.807, 2.05) is 0 Å². The molecule has 5 nitrogen and oxygen atoms in total. The van der Waals surface area contributed by atoms with Gasteiger partial charge in [-0.05, 0) is 43.3 Å². The fraction of sp³-hybridized carbons (Fsp3) is 0.0952. The minimum Gasteiger partial charge on any atom is -0.382 e. The van der Waals surface area contributed by atoms with Crippen LogP contribution < -0.4 is 11.2 Å². The maximum absolute atomic E-state index is 12.8. The van der Waals surface area contributed by atoms with Gasteiger partial charge in [0.25, 0.3) is 0 Å². The Morgan fingerprint density at radius 3 is 2.57 bits per heavy atom. The van der Waals surface area contributed by atoms with Crippen molar-refractivity contribution in [1.82, 2.24) is 9.97 Å². The standard InChI is InChI=1S/C21H15F3N4OS/c1-11-18(27-14-5-3-2-4-13(14)19(11)29)20(25)28-17-9-6-12(10-26-17)15-7-8-16(30-15)21(22,23)24/h2-10H,1H3,(H,27,29)(H2,25,26,28). The summed E-state index contributed by atoms with van der Waals surface area (Å²) in [5.74, 6) is 0.364. The Balaban J connectivity index is 1.66. The van der Waals surface area contributed by atoms with Crippen LogP contribution in [0.1, 0.15) is 16.1 Å². The molecule has 3 heterocycles. The summed E-state index contributed by atoms with van der Waals surface area (Å²) >= 11 is 0.649. The van der Waals surface area contributed by atoms with Gasteiger partial charge < -0.3 is 10.7 Å². The number of nitrogens with two attached hydrogens (primary N) is 1. The Hall–Kier alpha value is -3.46. The lowest BCUT2D eigenvalue weighted by molar-refractivity contribution is -0.134. The number of hydrogen-bond acceptors (Lipinski definition) is 4. The first kappa shape index (κ1) is 19.8. The first-order valence-corrected chi connectivity index (χ1v) is 9.65. The Bertz CT molecular complexity index is 1320. The van der Waals surface area contributed by atoms with Gasteiger partial charge in [-0.1, -0.05) is 12.1 Å². The third-order valence-corrected chi connectivity index (χ3v) is 5.74. The second-order valence-electron chi connectivity index (χ2n) is 6.56. The Labute approximate surface area is 172 Å². The van der Waals surface area contributed by atoms with Crippen LogP contribution in [0.3, 0.4) is 0 Å². The van der Waals surface area contributed by atoms with Crippen LogP contribution in [-0.2, 0) is 6.18 Å².